The van der Waals surface area contributed by atoms with Gasteiger partial charge in [-0.15, -0.1) is 0 Å². The van der Waals surface area contributed by atoms with E-state index in [1.165, 1.54) is 32.5 Å². The molecule has 2 heteroatoms. The van der Waals surface area contributed by atoms with E-state index in [0.29, 0.717) is 6.04 Å². The largest absolute Gasteiger partial charge is 0.311 e. The Balaban J connectivity index is 2.38. The van der Waals surface area contributed by atoms with E-state index < -0.39 is 0 Å². The third-order valence-corrected chi connectivity index (χ3v) is 4.41. The second-order valence-electron chi connectivity index (χ2n) is 5.61. The second kappa shape index (κ2) is 6.61. The molecular weight excluding hydrogens is 196 g/mol. The van der Waals surface area contributed by atoms with Crippen LogP contribution in [0, 0.1) is 11.8 Å². The Hall–Kier alpha value is -0.0800. The summed E-state index contributed by atoms with van der Waals surface area (Å²) in [4.78, 5) is 2.57. The molecule has 0 saturated carbocycles. The van der Waals surface area contributed by atoms with Crippen LogP contribution in [0.5, 0.6) is 0 Å². The Morgan fingerprint density at radius 2 is 2.00 bits per heavy atom. The molecule has 0 spiro atoms. The fourth-order valence-electron chi connectivity index (χ4n) is 2.62. The fourth-order valence-corrected chi connectivity index (χ4v) is 2.62. The maximum absolute atomic E-state index is 3.84. The van der Waals surface area contributed by atoms with Crippen molar-refractivity contribution in [2.45, 2.75) is 59.5 Å². The average Bonchev–Trinajstić information content (AvgIpc) is 2.30. The zero-order chi connectivity index (χ0) is 12.1. The first-order valence-corrected chi connectivity index (χ1v) is 7.06. The average molecular weight is 226 g/mol. The third kappa shape index (κ3) is 3.74. The van der Waals surface area contributed by atoms with Crippen molar-refractivity contribution in [1.29, 1.82) is 0 Å². The smallest absolute Gasteiger partial charge is 0.0120 e. The summed E-state index contributed by atoms with van der Waals surface area (Å²) in [6.07, 6.45) is 2.59. The molecule has 0 amide bonds. The van der Waals surface area contributed by atoms with Crippen LogP contribution in [0.2, 0.25) is 0 Å². The molecule has 0 aromatic rings. The highest BCUT2D eigenvalue weighted by atomic mass is 15.1. The Morgan fingerprint density at radius 3 is 2.50 bits per heavy atom. The van der Waals surface area contributed by atoms with Gasteiger partial charge in [-0.05, 0) is 38.3 Å². The first-order valence-electron chi connectivity index (χ1n) is 7.06. The van der Waals surface area contributed by atoms with Gasteiger partial charge in [0.1, 0.15) is 0 Å². The Morgan fingerprint density at radius 1 is 1.31 bits per heavy atom. The van der Waals surface area contributed by atoms with Gasteiger partial charge in [0.15, 0.2) is 0 Å². The minimum atomic E-state index is 0.658. The molecule has 0 bridgehead atoms. The monoisotopic (exact) mass is 226 g/mol. The summed E-state index contributed by atoms with van der Waals surface area (Å²) in [6, 6.07) is 1.39. The lowest BCUT2D eigenvalue weighted by atomic mass is 9.91. The maximum Gasteiger partial charge on any atom is 0.0120 e. The van der Waals surface area contributed by atoms with Crippen LogP contribution >= 0.6 is 0 Å². The molecule has 1 heterocycles. The molecule has 0 aromatic heterocycles. The lowest BCUT2D eigenvalue weighted by molar-refractivity contribution is 0.141. The number of nitrogens with zero attached hydrogens (tertiary/aromatic N) is 1. The molecule has 4 unspecified atom stereocenters. The summed E-state index contributed by atoms with van der Waals surface area (Å²) in [5.74, 6) is 1.58. The van der Waals surface area contributed by atoms with Gasteiger partial charge >= 0.3 is 0 Å². The lowest BCUT2D eigenvalue weighted by Gasteiger charge is -2.39. The summed E-state index contributed by atoms with van der Waals surface area (Å²) >= 11 is 0. The van der Waals surface area contributed by atoms with Crippen molar-refractivity contribution in [2.24, 2.45) is 11.8 Å². The number of piperidine rings is 1. The molecule has 4 atom stereocenters. The van der Waals surface area contributed by atoms with Crippen LogP contribution in [-0.4, -0.2) is 36.6 Å². The van der Waals surface area contributed by atoms with Gasteiger partial charge in [0.2, 0.25) is 0 Å². The van der Waals surface area contributed by atoms with Crippen molar-refractivity contribution in [3.63, 3.8) is 0 Å². The normalized spacial score (nSPS) is 31.3. The van der Waals surface area contributed by atoms with Crippen LogP contribution in [0.4, 0.5) is 0 Å². The topological polar surface area (TPSA) is 15.3 Å². The standard InChI is InChI=1S/C14H30N2/c1-6-11(3)13(5)15-14-8-9-16(7-2)10-12(14)4/h11-15H,6-10H2,1-5H3. The summed E-state index contributed by atoms with van der Waals surface area (Å²) in [7, 11) is 0. The van der Waals surface area contributed by atoms with Crippen molar-refractivity contribution in [2.75, 3.05) is 19.6 Å². The van der Waals surface area contributed by atoms with E-state index in [2.05, 4.69) is 44.8 Å². The van der Waals surface area contributed by atoms with Crippen molar-refractivity contribution in [3.05, 3.63) is 0 Å². The molecule has 0 aliphatic carbocycles. The first-order chi connectivity index (χ1) is 7.58. The number of likely N-dealkylation sites (tertiary alicyclic amines) is 1. The van der Waals surface area contributed by atoms with Crippen molar-refractivity contribution < 1.29 is 0 Å². The number of hydrogen-bond donors (Lipinski definition) is 1. The van der Waals surface area contributed by atoms with E-state index in [4.69, 9.17) is 0 Å². The second-order valence-corrected chi connectivity index (χ2v) is 5.61. The summed E-state index contributed by atoms with van der Waals surface area (Å²) in [6.45, 7) is 15.4. The van der Waals surface area contributed by atoms with Crippen LogP contribution in [0.1, 0.15) is 47.5 Å². The predicted molar refractivity (Wildman–Crippen MR) is 71.7 cm³/mol. The van der Waals surface area contributed by atoms with Gasteiger partial charge in [-0.3, -0.25) is 0 Å². The van der Waals surface area contributed by atoms with Gasteiger partial charge < -0.3 is 10.2 Å². The van der Waals surface area contributed by atoms with E-state index in [1.807, 2.05) is 0 Å². The van der Waals surface area contributed by atoms with Gasteiger partial charge in [-0.2, -0.15) is 0 Å². The van der Waals surface area contributed by atoms with Crippen LogP contribution in [0.3, 0.4) is 0 Å². The van der Waals surface area contributed by atoms with Crippen LogP contribution in [-0.2, 0) is 0 Å². The molecule has 1 fully saturated rings. The summed E-state index contributed by atoms with van der Waals surface area (Å²) in [5, 5.41) is 3.84. The van der Waals surface area contributed by atoms with Crippen molar-refractivity contribution >= 4 is 0 Å². The molecule has 0 radical (unpaired) electrons. The fraction of sp³-hybridized carbons (Fsp3) is 1.00. The Labute approximate surface area is 102 Å². The zero-order valence-corrected chi connectivity index (χ0v) is 11.8. The predicted octanol–water partition coefficient (Wildman–Crippen LogP) is 2.74. The quantitative estimate of drug-likeness (QED) is 0.775. The Bertz CT molecular complexity index is 193. The van der Waals surface area contributed by atoms with E-state index in [9.17, 15) is 0 Å². The van der Waals surface area contributed by atoms with E-state index in [1.54, 1.807) is 0 Å². The van der Waals surface area contributed by atoms with E-state index in [0.717, 1.165) is 17.9 Å². The minimum Gasteiger partial charge on any atom is -0.311 e. The number of hydrogen-bond acceptors (Lipinski definition) is 2. The molecule has 1 aliphatic heterocycles. The Kier molecular flexibility index (Phi) is 5.77. The molecule has 2 nitrogen and oxygen atoms in total. The zero-order valence-electron chi connectivity index (χ0n) is 11.8. The molecule has 16 heavy (non-hydrogen) atoms. The maximum atomic E-state index is 3.84. The van der Waals surface area contributed by atoms with Crippen LogP contribution in [0.15, 0.2) is 0 Å². The highest BCUT2D eigenvalue weighted by Gasteiger charge is 2.26. The van der Waals surface area contributed by atoms with Gasteiger partial charge in [0.25, 0.3) is 0 Å². The molecule has 1 N–H and O–H groups in total. The molecular formula is C14H30N2. The highest BCUT2D eigenvalue weighted by molar-refractivity contribution is 4.85. The van der Waals surface area contributed by atoms with E-state index >= 15 is 0 Å². The number of nitrogens with one attached hydrogen (secondary N) is 1. The lowest BCUT2D eigenvalue weighted by Crippen LogP contribution is -2.51. The van der Waals surface area contributed by atoms with Gasteiger partial charge in [-0.1, -0.05) is 34.1 Å². The SMILES string of the molecule is CCC(C)C(C)NC1CCN(CC)CC1C. The summed E-state index contributed by atoms with van der Waals surface area (Å²) < 4.78 is 0. The first kappa shape index (κ1) is 14.0. The van der Waals surface area contributed by atoms with Crippen molar-refractivity contribution in [1.82, 2.24) is 10.2 Å². The minimum absolute atomic E-state index is 0.658. The molecule has 0 aromatic carbocycles. The van der Waals surface area contributed by atoms with Crippen LogP contribution < -0.4 is 5.32 Å². The third-order valence-electron chi connectivity index (χ3n) is 4.41. The van der Waals surface area contributed by atoms with Crippen molar-refractivity contribution in [3.8, 4) is 0 Å². The summed E-state index contributed by atoms with van der Waals surface area (Å²) in [5.41, 5.74) is 0. The molecule has 96 valence electrons. The molecule has 1 rings (SSSR count). The van der Waals surface area contributed by atoms with E-state index in [-0.39, 0.29) is 0 Å². The molecule has 1 aliphatic rings. The van der Waals surface area contributed by atoms with Gasteiger partial charge in [-0.25, -0.2) is 0 Å². The van der Waals surface area contributed by atoms with Gasteiger partial charge in [0.05, 0.1) is 0 Å². The highest BCUT2D eigenvalue weighted by Crippen LogP contribution is 2.18. The number of rotatable bonds is 5. The molecule has 1 saturated heterocycles. The van der Waals surface area contributed by atoms with Gasteiger partial charge in [0, 0.05) is 18.6 Å². The van der Waals surface area contributed by atoms with Crippen LogP contribution in [0.25, 0.3) is 0 Å².